The number of hydrogen-bond donors (Lipinski definition) is 1. The van der Waals surface area contributed by atoms with Gasteiger partial charge in [0.15, 0.2) is 5.69 Å². The van der Waals surface area contributed by atoms with Gasteiger partial charge in [0.25, 0.3) is 0 Å². The van der Waals surface area contributed by atoms with E-state index in [1.165, 1.54) is 6.07 Å². The fraction of sp³-hybridized carbons (Fsp3) is 0.545. The summed E-state index contributed by atoms with van der Waals surface area (Å²) in [5.41, 5.74) is -0.0340. The fourth-order valence-electron chi connectivity index (χ4n) is 2.10. The zero-order valence-corrected chi connectivity index (χ0v) is 10.3. The summed E-state index contributed by atoms with van der Waals surface area (Å²) in [6.45, 7) is 1.91. The highest BCUT2D eigenvalue weighted by Gasteiger charge is 2.23. The normalized spacial score (nSPS) is 21.4. The van der Waals surface area contributed by atoms with Crippen LogP contribution in [0.4, 0.5) is 0 Å². The molecule has 1 aliphatic rings. The molecule has 0 saturated carbocycles. The minimum Gasteiger partial charge on any atom is -0.477 e. The number of halogens is 1. The van der Waals surface area contributed by atoms with Crippen molar-refractivity contribution in [3.63, 3.8) is 0 Å². The number of carboxylic acid groups (broad SMARTS) is 1. The Morgan fingerprint density at radius 1 is 1.59 bits per heavy atom. The summed E-state index contributed by atoms with van der Waals surface area (Å²) < 4.78 is 0. The van der Waals surface area contributed by atoms with Gasteiger partial charge >= 0.3 is 5.97 Å². The Balaban J connectivity index is 2.28. The van der Waals surface area contributed by atoms with Crippen LogP contribution in [0.25, 0.3) is 0 Å². The molecule has 1 aliphatic heterocycles. The van der Waals surface area contributed by atoms with Gasteiger partial charge in [-0.05, 0) is 26.4 Å². The summed E-state index contributed by atoms with van der Waals surface area (Å²) in [7, 11) is 2.04. The smallest absolute Gasteiger partial charge is 0.354 e. The third-order valence-electron chi connectivity index (χ3n) is 2.92. The van der Waals surface area contributed by atoms with E-state index in [-0.39, 0.29) is 16.8 Å². The molecule has 0 bridgehead atoms. The molecule has 1 aromatic rings. The highest BCUT2D eigenvalue weighted by atomic mass is 35.5. The van der Waals surface area contributed by atoms with Gasteiger partial charge in [0, 0.05) is 18.5 Å². The predicted octanol–water partition coefficient (Wildman–Crippen LogP) is 1.64. The van der Waals surface area contributed by atoms with Crippen molar-refractivity contribution >= 4 is 17.6 Å². The number of likely N-dealkylation sites (tertiary alicyclic amines) is 1. The number of nitrogens with zero attached hydrogens (tertiary/aromatic N) is 3. The number of likely N-dealkylation sites (N-methyl/N-ethyl adjacent to an activating group) is 1. The minimum absolute atomic E-state index is 0.0340. The molecule has 0 radical (unpaired) electrons. The van der Waals surface area contributed by atoms with Crippen LogP contribution < -0.4 is 0 Å². The Kier molecular flexibility index (Phi) is 3.59. The number of rotatable bonds is 2. The van der Waals surface area contributed by atoms with Crippen LogP contribution in [0.1, 0.15) is 35.1 Å². The van der Waals surface area contributed by atoms with Gasteiger partial charge in [-0.1, -0.05) is 11.6 Å². The first kappa shape index (κ1) is 12.3. The fourth-order valence-corrected chi connectivity index (χ4v) is 2.29. The molecule has 1 N–H and O–H groups in total. The SMILES string of the molecule is CN1CCCC(c2nc(Cl)cc(C(=O)O)n2)C1. The van der Waals surface area contributed by atoms with Crippen molar-refractivity contribution in [2.75, 3.05) is 20.1 Å². The molecule has 0 aliphatic carbocycles. The second kappa shape index (κ2) is 4.98. The van der Waals surface area contributed by atoms with Gasteiger partial charge in [0.2, 0.25) is 0 Å². The number of carbonyl (C=O) groups is 1. The van der Waals surface area contributed by atoms with Crippen molar-refractivity contribution < 1.29 is 9.90 Å². The van der Waals surface area contributed by atoms with E-state index in [9.17, 15) is 4.79 Å². The van der Waals surface area contributed by atoms with Crippen molar-refractivity contribution in [2.45, 2.75) is 18.8 Å². The molecule has 17 heavy (non-hydrogen) atoms. The molecule has 2 heterocycles. The molecular weight excluding hydrogens is 242 g/mol. The molecule has 6 heteroatoms. The lowest BCUT2D eigenvalue weighted by Crippen LogP contribution is -2.31. The number of piperidine rings is 1. The molecule has 1 unspecified atom stereocenters. The molecular formula is C11H14ClN3O2. The zero-order chi connectivity index (χ0) is 12.4. The van der Waals surface area contributed by atoms with Gasteiger partial charge < -0.3 is 10.0 Å². The molecule has 2 rings (SSSR count). The first-order valence-corrected chi connectivity index (χ1v) is 5.90. The van der Waals surface area contributed by atoms with Crippen LogP contribution in [-0.2, 0) is 0 Å². The van der Waals surface area contributed by atoms with Gasteiger partial charge in [-0.3, -0.25) is 0 Å². The Morgan fingerprint density at radius 3 is 3.00 bits per heavy atom. The summed E-state index contributed by atoms with van der Waals surface area (Å²) in [6, 6.07) is 1.28. The predicted molar refractivity (Wildman–Crippen MR) is 63.5 cm³/mol. The maximum atomic E-state index is 10.9. The van der Waals surface area contributed by atoms with E-state index < -0.39 is 5.97 Å². The van der Waals surface area contributed by atoms with E-state index in [0.717, 1.165) is 25.9 Å². The first-order valence-electron chi connectivity index (χ1n) is 5.52. The van der Waals surface area contributed by atoms with Crippen LogP contribution in [0.2, 0.25) is 5.15 Å². The van der Waals surface area contributed by atoms with E-state index >= 15 is 0 Å². The average Bonchev–Trinajstić information content (AvgIpc) is 2.28. The van der Waals surface area contributed by atoms with E-state index in [4.69, 9.17) is 16.7 Å². The van der Waals surface area contributed by atoms with E-state index in [1.807, 2.05) is 7.05 Å². The summed E-state index contributed by atoms with van der Waals surface area (Å²) in [4.78, 5) is 21.3. The maximum Gasteiger partial charge on any atom is 0.354 e. The second-order valence-corrected chi connectivity index (χ2v) is 4.73. The zero-order valence-electron chi connectivity index (χ0n) is 9.56. The first-order chi connectivity index (χ1) is 8.06. The van der Waals surface area contributed by atoms with Crippen LogP contribution >= 0.6 is 11.6 Å². The van der Waals surface area contributed by atoms with Crippen LogP contribution in [0.15, 0.2) is 6.07 Å². The average molecular weight is 256 g/mol. The quantitative estimate of drug-likeness (QED) is 0.814. The standard InChI is InChI=1S/C11H14ClN3O2/c1-15-4-2-3-7(6-15)10-13-8(11(16)17)5-9(12)14-10/h5,7H,2-4,6H2,1H3,(H,16,17). The molecule has 5 nitrogen and oxygen atoms in total. The Morgan fingerprint density at radius 2 is 2.35 bits per heavy atom. The monoisotopic (exact) mass is 255 g/mol. The second-order valence-electron chi connectivity index (χ2n) is 4.34. The van der Waals surface area contributed by atoms with Gasteiger partial charge in [0.05, 0.1) is 0 Å². The Labute approximate surface area is 104 Å². The van der Waals surface area contributed by atoms with Crippen LogP contribution in [-0.4, -0.2) is 46.1 Å². The highest BCUT2D eigenvalue weighted by molar-refractivity contribution is 6.29. The summed E-state index contributed by atoms with van der Waals surface area (Å²) >= 11 is 5.82. The lowest BCUT2D eigenvalue weighted by molar-refractivity contribution is 0.0689. The maximum absolute atomic E-state index is 10.9. The third kappa shape index (κ3) is 2.92. The lowest BCUT2D eigenvalue weighted by Gasteiger charge is -2.28. The number of aromatic carboxylic acids is 1. The van der Waals surface area contributed by atoms with E-state index in [2.05, 4.69) is 14.9 Å². The third-order valence-corrected chi connectivity index (χ3v) is 3.11. The number of hydrogen-bond acceptors (Lipinski definition) is 4. The summed E-state index contributed by atoms with van der Waals surface area (Å²) in [6.07, 6.45) is 2.04. The number of aromatic nitrogens is 2. The van der Waals surface area contributed by atoms with Gasteiger partial charge in [-0.15, -0.1) is 0 Å². The van der Waals surface area contributed by atoms with Crippen LogP contribution in [0.5, 0.6) is 0 Å². The van der Waals surface area contributed by atoms with Gasteiger partial charge in [0.1, 0.15) is 11.0 Å². The molecule has 1 saturated heterocycles. The van der Waals surface area contributed by atoms with Crippen molar-refractivity contribution in [1.29, 1.82) is 0 Å². The largest absolute Gasteiger partial charge is 0.477 e. The topological polar surface area (TPSA) is 66.3 Å². The van der Waals surface area contributed by atoms with Crippen molar-refractivity contribution in [3.05, 3.63) is 22.7 Å². The number of carboxylic acids is 1. The molecule has 0 amide bonds. The van der Waals surface area contributed by atoms with E-state index in [0.29, 0.717) is 5.82 Å². The van der Waals surface area contributed by atoms with E-state index in [1.54, 1.807) is 0 Å². The summed E-state index contributed by atoms with van der Waals surface area (Å²) in [5, 5.41) is 9.12. The van der Waals surface area contributed by atoms with Crippen molar-refractivity contribution in [2.24, 2.45) is 0 Å². The molecule has 1 fully saturated rings. The molecule has 0 spiro atoms. The minimum atomic E-state index is -1.07. The van der Waals surface area contributed by atoms with Crippen LogP contribution in [0, 0.1) is 0 Å². The summed E-state index contributed by atoms with van der Waals surface area (Å²) in [5.74, 6) is -0.355. The molecule has 1 aromatic heterocycles. The van der Waals surface area contributed by atoms with Crippen molar-refractivity contribution in [3.8, 4) is 0 Å². The Hall–Kier alpha value is -1.20. The molecule has 1 atom stereocenters. The highest BCUT2D eigenvalue weighted by Crippen LogP contribution is 2.24. The molecule has 0 aromatic carbocycles. The molecule has 92 valence electrons. The van der Waals surface area contributed by atoms with Crippen molar-refractivity contribution in [1.82, 2.24) is 14.9 Å². The van der Waals surface area contributed by atoms with Gasteiger partial charge in [-0.2, -0.15) is 0 Å². The lowest BCUT2D eigenvalue weighted by atomic mass is 9.97. The van der Waals surface area contributed by atoms with Crippen LogP contribution in [0.3, 0.4) is 0 Å². The van der Waals surface area contributed by atoms with Gasteiger partial charge in [-0.25, -0.2) is 14.8 Å². The Bertz CT molecular complexity index is 439.